The molecule has 0 aliphatic carbocycles. The molecule has 6 nitrogen and oxygen atoms in total. The Kier molecular flexibility index (Phi) is 3.96. The Morgan fingerprint density at radius 2 is 2.17 bits per heavy atom. The first-order valence-electron chi connectivity index (χ1n) is 4.55. The lowest BCUT2D eigenvalue weighted by Crippen LogP contribution is -2.19. The van der Waals surface area contributed by atoms with Crippen LogP contribution in [-0.2, 0) is 11.3 Å². The van der Waals surface area contributed by atoms with Crippen LogP contribution >= 0.6 is 0 Å². The summed E-state index contributed by atoms with van der Waals surface area (Å²) in [6.07, 6.45) is -5.05. The Morgan fingerprint density at radius 3 is 2.61 bits per heavy atom. The topological polar surface area (TPSA) is 94.7 Å². The summed E-state index contributed by atoms with van der Waals surface area (Å²) in [6, 6.07) is 1.02. The molecule has 100 valence electrons. The molecule has 0 amide bonds. The number of carbonyl (C=O) groups is 1. The first-order chi connectivity index (χ1) is 8.28. The lowest BCUT2D eigenvalue weighted by atomic mass is 10.2. The second-order valence-electron chi connectivity index (χ2n) is 3.06. The molecule has 1 heterocycles. The highest BCUT2D eigenvalue weighted by atomic mass is 19.4. The van der Waals surface area contributed by atoms with Crippen LogP contribution in [0.25, 0.3) is 0 Å². The molecule has 1 aromatic rings. The van der Waals surface area contributed by atoms with Crippen molar-refractivity contribution in [2.75, 3.05) is 7.11 Å². The average molecular weight is 266 g/mol. The van der Waals surface area contributed by atoms with Gasteiger partial charge >= 0.3 is 12.3 Å². The minimum absolute atomic E-state index is 0.121. The molecule has 1 aromatic heterocycles. The molecule has 9 heteroatoms. The highest BCUT2D eigenvalue weighted by molar-refractivity contribution is 5.87. The Balaban J connectivity index is 3.27. The molecule has 0 saturated carbocycles. The summed E-state index contributed by atoms with van der Waals surface area (Å²) in [7, 11) is 1.03. The van der Waals surface area contributed by atoms with Crippen molar-refractivity contribution in [1.29, 1.82) is 0 Å². The summed E-state index contributed by atoms with van der Waals surface area (Å²) in [5, 5.41) is 9.41. The Bertz CT molecular complexity index is 462. The first-order valence-corrected chi connectivity index (χ1v) is 4.55. The van der Waals surface area contributed by atoms with Crippen LogP contribution in [0.5, 0.6) is 11.6 Å². The van der Waals surface area contributed by atoms with E-state index in [1.165, 1.54) is 0 Å². The van der Waals surface area contributed by atoms with Gasteiger partial charge in [0.05, 0.1) is 7.11 Å². The van der Waals surface area contributed by atoms with Gasteiger partial charge in [0, 0.05) is 12.1 Å². The van der Waals surface area contributed by atoms with Crippen LogP contribution in [0.2, 0.25) is 0 Å². The van der Waals surface area contributed by atoms with Crippen LogP contribution in [0.15, 0.2) is 6.07 Å². The van der Waals surface area contributed by atoms with Crippen molar-refractivity contribution in [2.24, 2.45) is 5.73 Å². The molecule has 0 fully saturated rings. The van der Waals surface area contributed by atoms with Crippen molar-refractivity contribution in [2.45, 2.75) is 12.9 Å². The Hall–Kier alpha value is -2.03. The second kappa shape index (κ2) is 5.08. The number of aromatic nitrogens is 1. The number of hydrogen-bond donors (Lipinski definition) is 2. The number of nitrogens with zero attached hydrogens (tertiary/aromatic N) is 1. The van der Waals surface area contributed by atoms with Gasteiger partial charge in [-0.3, -0.25) is 0 Å². The molecule has 0 aromatic carbocycles. The number of alkyl halides is 3. The van der Waals surface area contributed by atoms with E-state index in [2.05, 4.69) is 14.5 Å². The molecule has 0 aliphatic heterocycles. The number of hydrogen-bond acceptors (Lipinski definition) is 6. The summed E-state index contributed by atoms with van der Waals surface area (Å²) in [4.78, 5) is 14.4. The zero-order valence-corrected chi connectivity index (χ0v) is 9.11. The number of nitrogens with two attached hydrogens (primary N) is 1. The van der Waals surface area contributed by atoms with Crippen molar-refractivity contribution in [3.63, 3.8) is 0 Å². The predicted molar refractivity (Wildman–Crippen MR) is 51.8 cm³/mol. The molecule has 1 rings (SSSR count). The zero-order chi connectivity index (χ0) is 13.9. The Morgan fingerprint density at radius 1 is 1.56 bits per heavy atom. The highest BCUT2D eigenvalue weighted by Crippen LogP contribution is 2.32. The maximum Gasteiger partial charge on any atom is 0.574 e. The van der Waals surface area contributed by atoms with E-state index in [1.54, 1.807) is 0 Å². The van der Waals surface area contributed by atoms with Gasteiger partial charge in [-0.25, -0.2) is 9.78 Å². The smallest absolute Gasteiger partial charge is 0.503 e. The summed E-state index contributed by atoms with van der Waals surface area (Å²) in [5.41, 5.74) is 4.65. The Labute approximate surface area is 99.1 Å². The van der Waals surface area contributed by atoms with E-state index >= 15 is 0 Å². The molecule has 0 aliphatic rings. The molecule has 0 atom stereocenters. The highest BCUT2D eigenvalue weighted by Gasteiger charge is 2.34. The number of halogens is 3. The first kappa shape index (κ1) is 14.0. The van der Waals surface area contributed by atoms with Gasteiger partial charge in [0.15, 0.2) is 11.4 Å². The summed E-state index contributed by atoms with van der Waals surface area (Å²) < 4.78 is 43.9. The normalized spacial score (nSPS) is 11.2. The third kappa shape index (κ3) is 3.23. The predicted octanol–water partition coefficient (Wildman–Crippen LogP) is 0.931. The van der Waals surface area contributed by atoms with Gasteiger partial charge in [0.1, 0.15) is 0 Å². The van der Waals surface area contributed by atoms with Crippen LogP contribution in [-0.4, -0.2) is 29.5 Å². The van der Waals surface area contributed by atoms with Gasteiger partial charge in [0.2, 0.25) is 0 Å². The number of methoxy groups -OCH3 is 1. The van der Waals surface area contributed by atoms with Crippen LogP contribution < -0.4 is 10.5 Å². The molecule has 0 bridgehead atoms. The quantitative estimate of drug-likeness (QED) is 0.790. The van der Waals surface area contributed by atoms with Gasteiger partial charge < -0.3 is 20.3 Å². The summed E-state index contributed by atoms with van der Waals surface area (Å²) in [5.74, 6) is -3.00. The lowest BCUT2D eigenvalue weighted by Gasteiger charge is -2.12. The van der Waals surface area contributed by atoms with Gasteiger partial charge in [-0.15, -0.1) is 13.2 Å². The summed E-state index contributed by atoms with van der Waals surface area (Å²) >= 11 is 0. The maximum absolute atomic E-state index is 12.1. The fraction of sp³-hybridized carbons (Fsp3) is 0.333. The van der Waals surface area contributed by atoms with Crippen LogP contribution in [0.4, 0.5) is 13.2 Å². The van der Waals surface area contributed by atoms with E-state index in [9.17, 15) is 23.1 Å². The minimum Gasteiger partial charge on any atom is -0.503 e. The van der Waals surface area contributed by atoms with Gasteiger partial charge in [0.25, 0.3) is 5.88 Å². The minimum atomic E-state index is -5.05. The molecular weight excluding hydrogens is 257 g/mol. The largest absolute Gasteiger partial charge is 0.574 e. The van der Waals surface area contributed by atoms with E-state index in [0.29, 0.717) is 0 Å². The molecule has 18 heavy (non-hydrogen) atoms. The van der Waals surface area contributed by atoms with E-state index < -0.39 is 29.7 Å². The van der Waals surface area contributed by atoms with Crippen LogP contribution in [0, 0.1) is 0 Å². The average Bonchev–Trinajstić information content (AvgIpc) is 2.29. The molecule has 3 N–H and O–H groups in total. The number of aromatic hydroxyl groups is 1. The van der Waals surface area contributed by atoms with Gasteiger partial charge in [-0.2, -0.15) is 0 Å². The second-order valence-corrected chi connectivity index (χ2v) is 3.06. The number of rotatable bonds is 3. The van der Waals surface area contributed by atoms with E-state index in [0.717, 1.165) is 13.2 Å². The van der Waals surface area contributed by atoms with E-state index in [1.807, 2.05) is 0 Å². The maximum atomic E-state index is 12.1. The summed E-state index contributed by atoms with van der Waals surface area (Å²) in [6.45, 7) is -0.299. The van der Waals surface area contributed by atoms with Crippen molar-refractivity contribution in [1.82, 2.24) is 4.98 Å². The standard InChI is InChI=1S/C9H9F3N2O4/c1-17-8(16)5-2-4(3-13)6(15)7(14-5)18-9(10,11)12/h2,15H,3,13H2,1H3. The third-order valence-electron chi connectivity index (χ3n) is 1.87. The molecule has 0 spiro atoms. The number of pyridine rings is 1. The molecule has 0 saturated heterocycles. The van der Waals surface area contributed by atoms with Crippen LogP contribution in [0.3, 0.4) is 0 Å². The SMILES string of the molecule is COC(=O)c1cc(CN)c(O)c(OC(F)(F)F)n1. The molecule has 0 unspecified atom stereocenters. The van der Waals surface area contributed by atoms with Crippen molar-refractivity contribution in [3.8, 4) is 11.6 Å². The third-order valence-corrected chi connectivity index (χ3v) is 1.87. The number of esters is 1. The van der Waals surface area contributed by atoms with Crippen LogP contribution in [0.1, 0.15) is 16.1 Å². The molecular formula is C9H9F3N2O4. The fourth-order valence-corrected chi connectivity index (χ4v) is 1.11. The zero-order valence-electron chi connectivity index (χ0n) is 9.11. The number of carbonyl (C=O) groups excluding carboxylic acids is 1. The van der Waals surface area contributed by atoms with E-state index in [-0.39, 0.29) is 12.1 Å². The monoisotopic (exact) mass is 266 g/mol. The number of ether oxygens (including phenoxy) is 2. The van der Waals surface area contributed by atoms with Gasteiger partial charge in [-0.1, -0.05) is 0 Å². The molecule has 0 radical (unpaired) electrons. The van der Waals surface area contributed by atoms with Crippen molar-refractivity contribution >= 4 is 5.97 Å². The van der Waals surface area contributed by atoms with Gasteiger partial charge in [-0.05, 0) is 6.07 Å². The fourth-order valence-electron chi connectivity index (χ4n) is 1.11. The lowest BCUT2D eigenvalue weighted by molar-refractivity contribution is -0.276. The van der Waals surface area contributed by atoms with E-state index in [4.69, 9.17) is 5.73 Å². The van der Waals surface area contributed by atoms with Crippen molar-refractivity contribution < 1.29 is 32.5 Å². The van der Waals surface area contributed by atoms with Crippen molar-refractivity contribution in [3.05, 3.63) is 17.3 Å².